The molecule has 8 rings (SSSR count). The number of carbonyl (C=O) groups is 3. The maximum atomic E-state index is 14.5. The van der Waals surface area contributed by atoms with Crippen LogP contribution in [0.4, 0.5) is 11.4 Å². The van der Waals surface area contributed by atoms with E-state index in [0.29, 0.717) is 18.8 Å². The van der Waals surface area contributed by atoms with Gasteiger partial charge in [0.25, 0.3) is 5.69 Å². The number of rotatable bonds is 6. The summed E-state index contributed by atoms with van der Waals surface area (Å²) >= 11 is 0. The molecule has 0 radical (unpaired) electrons. The summed E-state index contributed by atoms with van der Waals surface area (Å²) in [5.74, 6) is -4.76. The Morgan fingerprint density at radius 1 is 1.05 bits per heavy atom. The lowest BCUT2D eigenvalue weighted by atomic mass is 9.47. The van der Waals surface area contributed by atoms with Crippen LogP contribution >= 0.6 is 0 Å². The van der Waals surface area contributed by atoms with Crippen molar-refractivity contribution >= 4 is 35.3 Å². The Hall–Kier alpha value is -4.74. The van der Waals surface area contributed by atoms with E-state index < -0.39 is 51.6 Å². The van der Waals surface area contributed by atoms with Gasteiger partial charge in [0.05, 0.1) is 41.8 Å². The second-order valence-electron chi connectivity index (χ2n) is 11.6. The number of hydrogen-bond acceptors (Lipinski definition) is 8. The fraction of sp³-hybridized carbons (Fsp3) is 0.312. The number of nitro benzene ring substituents is 1. The normalized spacial score (nSPS) is 26.4. The standard InChI is InChI=1S/C32H28N4O7/c1-18-11-12-23(24(15-18)36(40)41)35-29(38)27-26-19-7-3-5-9-21(19)32(28(27)30(35)39,22-10-6-4-8-20(22)26)17-33-34-25(37)16-31(2)42-13-14-43-31/h3-12,15,17,26-28H,13-14,16H2,1-2H3,(H,34,37)/b33-17-/t26?,27-,28+,32?/m1/s1. The summed E-state index contributed by atoms with van der Waals surface area (Å²) in [4.78, 5) is 54.1. The van der Waals surface area contributed by atoms with Crippen molar-refractivity contribution in [1.82, 2.24) is 5.43 Å². The van der Waals surface area contributed by atoms with Crippen molar-refractivity contribution in [2.75, 3.05) is 18.1 Å². The third-order valence-corrected chi connectivity index (χ3v) is 9.09. The first-order chi connectivity index (χ1) is 20.7. The SMILES string of the molecule is Cc1ccc(N2C(=O)[C@@H]3C4c5ccccc5C(/C=N\NC(=O)CC5(C)OCCO5)(c5ccccc54)[C@@H]3C2=O)c([N+](=O)[O-])c1. The van der Waals surface area contributed by atoms with Crippen molar-refractivity contribution in [3.8, 4) is 0 Å². The molecule has 2 fully saturated rings. The van der Waals surface area contributed by atoms with E-state index in [4.69, 9.17) is 9.47 Å². The number of nitrogens with one attached hydrogen (secondary N) is 1. The Morgan fingerprint density at radius 2 is 1.67 bits per heavy atom. The zero-order valence-corrected chi connectivity index (χ0v) is 23.5. The zero-order valence-electron chi connectivity index (χ0n) is 23.5. The summed E-state index contributed by atoms with van der Waals surface area (Å²) in [5.41, 5.74) is 4.95. The highest BCUT2D eigenvalue weighted by Crippen LogP contribution is 2.64. The minimum absolute atomic E-state index is 0.0577. The molecule has 0 unspecified atom stereocenters. The Bertz CT molecular complexity index is 1700. The first-order valence-corrected chi connectivity index (χ1v) is 14.1. The van der Waals surface area contributed by atoms with Gasteiger partial charge in [-0.3, -0.25) is 24.5 Å². The monoisotopic (exact) mass is 580 g/mol. The molecule has 0 saturated carbocycles. The molecule has 2 atom stereocenters. The molecule has 3 aromatic carbocycles. The number of ether oxygens (including phenoxy) is 2. The highest BCUT2D eigenvalue weighted by molar-refractivity contribution is 6.25. The average Bonchev–Trinajstić information content (AvgIpc) is 3.53. The smallest absolute Gasteiger partial charge is 0.293 e. The number of hydrazone groups is 1. The van der Waals surface area contributed by atoms with Crippen molar-refractivity contribution in [1.29, 1.82) is 0 Å². The Morgan fingerprint density at radius 3 is 2.30 bits per heavy atom. The second-order valence-corrected chi connectivity index (χ2v) is 11.6. The molecule has 5 aliphatic rings. The van der Waals surface area contributed by atoms with Gasteiger partial charge in [-0.1, -0.05) is 54.6 Å². The van der Waals surface area contributed by atoms with Crippen LogP contribution in [0.3, 0.4) is 0 Å². The lowest BCUT2D eigenvalue weighted by molar-refractivity contribution is -0.384. The Labute approximate surface area is 246 Å². The van der Waals surface area contributed by atoms with E-state index in [1.807, 2.05) is 48.5 Å². The minimum atomic E-state index is -1.23. The molecule has 3 aliphatic carbocycles. The fourth-order valence-corrected chi connectivity index (χ4v) is 7.45. The van der Waals surface area contributed by atoms with Gasteiger partial charge in [-0.2, -0.15) is 5.10 Å². The van der Waals surface area contributed by atoms with Gasteiger partial charge >= 0.3 is 0 Å². The molecule has 0 aromatic heterocycles. The van der Waals surface area contributed by atoms with E-state index in [1.165, 1.54) is 12.1 Å². The highest BCUT2D eigenvalue weighted by Gasteiger charge is 2.68. The second kappa shape index (κ2) is 9.65. The van der Waals surface area contributed by atoms with Crippen LogP contribution in [0.1, 0.15) is 47.1 Å². The summed E-state index contributed by atoms with van der Waals surface area (Å²) in [5, 5.41) is 16.4. The van der Waals surface area contributed by atoms with Crippen molar-refractivity contribution < 1.29 is 28.8 Å². The third-order valence-electron chi connectivity index (χ3n) is 9.09. The molecule has 11 nitrogen and oxygen atoms in total. The van der Waals surface area contributed by atoms with Crippen LogP contribution in [0.2, 0.25) is 0 Å². The molecule has 2 heterocycles. The van der Waals surface area contributed by atoms with Gasteiger partial charge in [-0.15, -0.1) is 0 Å². The number of hydrogen-bond donors (Lipinski definition) is 1. The van der Waals surface area contributed by atoms with Crippen molar-refractivity contribution in [3.05, 3.63) is 105 Å². The first kappa shape index (κ1) is 27.1. The number of nitrogens with zero attached hydrogens (tertiary/aromatic N) is 3. The van der Waals surface area contributed by atoms with Crippen LogP contribution < -0.4 is 10.3 Å². The van der Waals surface area contributed by atoms with Crippen molar-refractivity contribution in [2.45, 2.75) is 37.4 Å². The maximum Gasteiger partial charge on any atom is 0.293 e. The van der Waals surface area contributed by atoms with E-state index in [-0.39, 0.29) is 17.8 Å². The van der Waals surface area contributed by atoms with Crippen LogP contribution in [0, 0.1) is 28.9 Å². The van der Waals surface area contributed by atoms with E-state index in [2.05, 4.69) is 10.5 Å². The molecule has 2 aliphatic heterocycles. The van der Waals surface area contributed by atoms with Gasteiger partial charge in [0, 0.05) is 18.2 Å². The highest BCUT2D eigenvalue weighted by atomic mass is 16.7. The van der Waals surface area contributed by atoms with Gasteiger partial charge in [-0.05, 0) is 47.7 Å². The number of amides is 3. The number of aryl methyl sites for hydroxylation is 1. The van der Waals surface area contributed by atoms with Crippen molar-refractivity contribution in [3.63, 3.8) is 0 Å². The Balaban J connectivity index is 1.37. The summed E-state index contributed by atoms with van der Waals surface area (Å²) in [6, 6.07) is 19.7. The number of anilines is 1. The van der Waals surface area contributed by atoms with Crippen LogP contribution in [-0.4, -0.2) is 47.9 Å². The summed E-state index contributed by atoms with van der Waals surface area (Å²) in [7, 11) is 0. The predicted octanol–water partition coefficient (Wildman–Crippen LogP) is 3.71. The lowest BCUT2D eigenvalue weighted by Gasteiger charge is -2.52. The molecule has 2 bridgehead atoms. The zero-order chi connectivity index (χ0) is 30.1. The maximum absolute atomic E-state index is 14.5. The molecule has 218 valence electrons. The summed E-state index contributed by atoms with van der Waals surface area (Å²) in [6.45, 7) is 4.17. The van der Waals surface area contributed by atoms with E-state index in [0.717, 1.165) is 27.2 Å². The van der Waals surface area contributed by atoms with Crippen LogP contribution in [0.25, 0.3) is 0 Å². The Kier molecular flexibility index (Phi) is 6.08. The number of carbonyl (C=O) groups excluding carboxylic acids is 3. The number of nitro groups is 1. The van der Waals surface area contributed by atoms with E-state index in [1.54, 1.807) is 26.1 Å². The molecule has 0 spiro atoms. The van der Waals surface area contributed by atoms with Gasteiger partial charge in [0.15, 0.2) is 5.79 Å². The average molecular weight is 581 g/mol. The first-order valence-electron chi connectivity index (χ1n) is 14.1. The molecule has 2 saturated heterocycles. The molecule has 3 aromatic rings. The topological polar surface area (TPSA) is 140 Å². The third kappa shape index (κ3) is 3.88. The number of benzene rings is 3. The van der Waals surface area contributed by atoms with Gasteiger partial charge < -0.3 is 9.47 Å². The minimum Gasteiger partial charge on any atom is -0.347 e. The van der Waals surface area contributed by atoms with E-state index in [9.17, 15) is 24.5 Å². The van der Waals surface area contributed by atoms with Crippen LogP contribution in [0.15, 0.2) is 71.8 Å². The van der Waals surface area contributed by atoms with Crippen molar-refractivity contribution in [2.24, 2.45) is 16.9 Å². The van der Waals surface area contributed by atoms with Crippen LogP contribution in [0.5, 0.6) is 0 Å². The number of imide groups is 1. The molecule has 1 N–H and O–H groups in total. The summed E-state index contributed by atoms with van der Waals surface area (Å²) < 4.78 is 11.1. The van der Waals surface area contributed by atoms with Gasteiger partial charge in [0.2, 0.25) is 17.7 Å². The molecule has 3 amide bonds. The molecule has 11 heteroatoms. The summed E-state index contributed by atoms with van der Waals surface area (Å²) in [6.07, 6.45) is 1.47. The van der Waals surface area contributed by atoms with Gasteiger partial charge in [0.1, 0.15) is 5.69 Å². The van der Waals surface area contributed by atoms with E-state index >= 15 is 0 Å². The fourth-order valence-electron chi connectivity index (χ4n) is 7.45. The predicted molar refractivity (Wildman–Crippen MR) is 154 cm³/mol. The largest absolute Gasteiger partial charge is 0.347 e. The van der Waals surface area contributed by atoms with Gasteiger partial charge in [-0.25, -0.2) is 10.3 Å². The molecular formula is C32H28N4O7. The quantitative estimate of drug-likeness (QED) is 0.203. The lowest BCUT2D eigenvalue weighted by Crippen LogP contribution is -2.54. The van der Waals surface area contributed by atoms with Crippen LogP contribution in [-0.2, 0) is 29.3 Å². The molecular weight excluding hydrogens is 552 g/mol. The molecule has 43 heavy (non-hydrogen) atoms.